The second kappa shape index (κ2) is 8.03. The molecule has 1 N–H and O–H groups in total. The highest BCUT2D eigenvalue weighted by molar-refractivity contribution is 6.35. The summed E-state index contributed by atoms with van der Waals surface area (Å²) in [7, 11) is 1.59. The van der Waals surface area contributed by atoms with Gasteiger partial charge in [0, 0.05) is 12.1 Å². The molecule has 0 bridgehead atoms. The number of hydrogen-bond donors (Lipinski definition) is 1. The number of anilines is 1. The molecule has 2 rings (SSSR count). The molecule has 0 heterocycles. The maximum atomic E-state index is 12.4. The largest absolute Gasteiger partial charge is 0.490 e. The van der Waals surface area contributed by atoms with E-state index in [4.69, 9.17) is 32.7 Å². The van der Waals surface area contributed by atoms with Crippen LogP contribution in [0, 0.1) is 0 Å². The molecule has 22 heavy (non-hydrogen) atoms. The van der Waals surface area contributed by atoms with Crippen LogP contribution < -0.4 is 10.1 Å². The molecule has 2 aromatic rings. The molecule has 2 aromatic carbocycles. The van der Waals surface area contributed by atoms with E-state index in [-0.39, 0.29) is 5.91 Å². The van der Waals surface area contributed by atoms with Crippen molar-refractivity contribution in [1.29, 1.82) is 0 Å². The molecule has 0 aromatic heterocycles. The van der Waals surface area contributed by atoms with Crippen molar-refractivity contribution in [2.24, 2.45) is 0 Å². The molecular weight excluding hydrogens is 325 g/mol. The van der Waals surface area contributed by atoms with E-state index in [1.54, 1.807) is 49.6 Å². The molecule has 0 aliphatic rings. The van der Waals surface area contributed by atoms with Gasteiger partial charge in [-0.15, -0.1) is 0 Å². The fourth-order valence-corrected chi connectivity index (χ4v) is 2.13. The van der Waals surface area contributed by atoms with E-state index >= 15 is 0 Å². The third-order valence-electron chi connectivity index (χ3n) is 2.85. The predicted octanol–water partition coefficient (Wildman–Crippen LogP) is 4.27. The Labute approximate surface area is 138 Å². The average Bonchev–Trinajstić information content (AvgIpc) is 2.51. The van der Waals surface area contributed by atoms with E-state index in [1.165, 1.54) is 0 Å². The zero-order valence-electron chi connectivity index (χ0n) is 11.9. The summed E-state index contributed by atoms with van der Waals surface area (Å²) in [4.78, 5) is 12.4. The van der Waals surface area contributed by atoms with Gasteiger partial charge in [0.2, 0.25) is 0 Å². The first-order valence-electron chi connectivity index (χ1n) is 6.59. The van der Waals surface area contributed by atoms with Crippen molar-refractivity contribution in [3.05, 3.63) is 58.1 Å². The molecule has 0 unspecified atom stereocenters. The van der Waals surface area contributed by atoms with Crippen LogP contribution in [0.1, 0.15) is 10.4 Å². The Kier molecular flexibility index (Phi) is 6.07. The molecule has 0 atom stereocenters. The lowest BCUT2D eigenvalue weighted by Gasteiger charge is -2.12. The van der Waals surface area contributed by atoms with E-state index in [2.05, 4.69) is 5.32 Å². The Morgan fingerprint density at radius 3 is 2.68 bits per heavy atom. The summed E-state index contributed by atoms with van der Waals surface area (Å²) in [5.41, 5.74) is 0.862. The van der Waals surface area contributed by atoms with Crippen LogP contribution in [-0.4, -0.2) is 26.2 Å². The van der Waals surface area contributed by atoms with Gasteiger partial charge in [0.1, 0.15) is 12.4 Å². The SMILES string of the molecule is COCCOc1ccccc1C(=O)Nc1cc(Cl)ccc1Cl. The zero-order chi connectivity index (χ0) is 15.9. The maximum Gasteiger partial charge on any atom is 0.259 e. The summed E-state index contributed by atoms with van der Waals surface area (Å²) in [5.74, 6) is 0.160. The number of para-hydroxylation sites is 1. The first-order chi connectivity index (χ1) is 10.6. The van der Waals surface area contributed by atoms with Gasteiger partial charge in [0.25, 0.3) is 5.91 Å². The van der Waals surface area contributed by atoms with Gasteiger partial charge in [-0.2, -0.15) is 0 Å². The number of hydrogen-bond acceptors (Lipinski definition) is 3. The molecule has 0 spiro atoms. The van der Waals surface area contributed by atoms with E-state index in [0.29, 0.717) is 40.3 Å². The van der Waals surface area contributed by atoms with Crippen molar-refractivity contribution in [1.82, 2.24) is 0 Å². The van der Waals surface area contributed by atoms with Crippen LogP contribution in [0.25, 0.3) is 0 Å². The molecule has 1 amide bonds. The van der Waals surface area contributed by atoms with Crippen LogP contribution in [0.3, 0.4) is 0 Å². The number of carbonyl (C=O) groups is 1. The second-order valence-electron chi connectivity index (χ2n) is 4.42. The summed E-state index contributed by atoms with van der Waals surface area (Å²) in [6.07, 6.45) is 0. The van der Waals surface area contributed by atoms with Crippen LogP contribution in [0.2, 0.25) is 10.0 Å². The Bertz CT molecular complexity index is 662. The van der Waals surface area contributed by atoms with E-state index in [1.807, 2.05) is 0 Å². The number of amides is 1. The predicted molar refractivity (Wildman–Crippen MR) is 88.2 cm³/mol. The second-order valence-corrected chi connectivity index (χ2v) is 5.26. The lowest BCUT2D eigenvalue weighted by Crippen LogP contribution is -2.15. The lowest BCUT2D eigenvalue weighted by molar-refractivity contribution is 0.101. The molecule has 0 saturated heterocycles. The minimum Gasteiger partial charge on any atom is -0.490 e. The molecule has 0 radical (unpaired) electrons. The van der Waals surface area contributed by atoms with Crippen molar-refractivity contribution in [2.75, 3.05) is 25.6 Å². The van der Waals surface area contributed by atoms with Gasteiger partial charge < -0.3 is 14.8 Å². The smallest absolute Gasteiger partial charge is 0.259 e. The topological polar surface area (TPSA) is 47.6 Å². The van der Waals surface area contributed by atoms with Crippen LogP contribution in [0.5, 0.6) is 5.75 Å². The molecule has 0 fully saturated rings. The number of methoxy groups -OCH3 is 1. The van der Waals surface area contributed by atoms with Gasteiger partial charge in [-0.05, 0) is 30.3 Å². The molecule has 6 heteroatoms. The van der Waals surface area contributed by atoms with Gasteiger partial charge in [-0.1, -0.05) is 35.3 Å². The highest BCUT2D eigenvalue weighted by Gasteiger charge is 2.14. The van der Waals surface area contributed by atoms with Crippen LogP contribution >= 0.6 is 23.2 Å². The molecule has 0 aliphatic heterocycles. The van der Waals surface area contributed by atoms with Crippen molar-refractivity contribution in [2.45, 2.75) is 0 Å². The maximum absolute atomic E-state index is 12.4. The Morgan fingerprint density at radius 2 is 1.91 bits per heavy atom. The molecule has 4 nitrogen and oxygen atoms in total. The number of benzene rings is 2. The van der Waals surface area contributed by atoms with Gasteiger partial charge in [0.05, 0.1) is 22.9 Å². The monoisotopic (exact) mass is 339 g/mol. The van der Waals surface area contributed by atoms with Gasteiger partial charge in [-0.25, -0.2) is 0 Å². The number of carbonyl (C=O) groups excluding carboxylic acids is 1. The number of rotatable bonds is 6. The van der Waals surface area contributed by atoms with E-state index < -0.39 is 0 Å². The lowest BCUT2D eigenvalue weighted by atomic mass is 10.2. The van der Waals surface area contributed by atoms with Crippen LogP contribution in [-0.2, 0) is 4.74 Å². The summed E-state index contributed by atoms with van der Waals surface area (Å²) < 4.78 is 10.5. The average molecular weight is 340 g/mol. The number of nitrogens with one attached hydrogen (secondary N) is 1. The van der Waals surface area contributed by atoms with Gasteiger partial charge in [0.15, 0.2) is 0 Å². The summed E-state index contributed by atoms with van der Waals surface area (Å²) in [5, 5.41) is 3.63. The molecular formula is C16H15Cl2NO3. The quantitative estimate of drug-likeness (QED) is 0.799. The fraction of sp³-hybridized carbons (Fsp3) is 0.188. The third-order valence-corrected chi connectivity index (χ3v) is 3.42. The zero-order valence-corrected chi connectivity index (χ0v) is 13.4. The van der Waals surface area contributed by atoms with Crippen molar-refractivity contribution in [3.8, 4) is 5.75 Å². The molecule has 0 aliphatic carbocycles. The Balaban J connectivity index is 2.17. The van der Waals surface area contributed by atoms with Crippen molar-refractivity contribution >= 4 is 34.8 Å². The van der Waals surface area contributed by atoms with Crippen molar-refractivity contribution < 1.29 is 14.3 Å². The summed E-state index contributed by atoms with van der Waals surface area (Å²) in [6, 6.07) is 11.8. The number of halogens is 2. The molecule has 0 saturated carbocycles. The fourth-order valence-electron chi connectivity index (χ4n) is 1.80. The first-order valence-corrected chi connectivity index (χ1v) is 7.34. The summed E-state index contributed by atoms with van der Waals surface area (Å²) in [6.45, 7) is 0.800. The first kappa shape index (κ1) is 16.6. The highest BCUT2D eigenvalue weighted by Crippen LogP contribution is 2.27. The van der Waals surface area contributed by atoms with Crippen LogP contribution in [0.4, 0.5) is 5.69 Å². The standard InChI is InChI=1S/C16H15Cl2NO3/c1-21-8-9-22-15-5-3-2-4-12(15)16(20)19-14-10-11(17)6-7-13(14)18/h2-7,10H,8-9H2,1H3,(H,19,20). The Morgan fingerprint density at radius 1 is 1.14 bits per heavy atom. The Hall–Kier alpha value is -1.75. The number of ether oxygens (including phenoxy) is 2. The van der Waals surface area contributed by atoms with Gasteiger partial charge >= 0.3 is 0 Å². The van der Waals surface area contributed by atoms with Crippen LogP contribution in [0.15, 0.2) is 42.5 Å². The minimum atomic E-state index is -0.322. The van der Waals surface area contributed by atoms with E-state index in [0.717, 1.165) is 0 Å². The van der Waals surface area contributed by atoms with Crippen molar-refractivity contribution in [3.63, 3.8) is 0 Å². The third kappa shape index (κ3) is 4.37. The highest BCUT2D eigenvalue weighted by atomic mass is 35.5. The van der Waals surface area contributed by atoms with E-state index in [9.17, 15) is 4.79 Å². The summed E-state index contributed by atoms with van der Waals surface area (Å²) >= 11 is 12.0. The molecule has 116 valence electrons. The van der Waals surface area contributed by atoms with Gasteiger partial charge in [-0.3, -0.25) is 4.79 Å². The minimum absolute atomic E-state index is 0.322. The normalized spacial score (nSPS) is 10.3.